The van der Waals surface area contributed by atoms with Crippen LogP contribution in [-0.2, 0) is 4.79 Å². The van der Waals surface area contributed by atoms with E-state index in [1.54, 1.807) is 6.20 Å². The maximum absolute atomic E-state index is 12.1. The van der Waals surface area contributed by atoms with E-state index in [4.69, 9.17) is 0 Å². The number of hydrazine groups is 1. The molecule has 5 heteroatoms. The molecular weight excluding hydrogens is 240 g/mol. The lowest BCUT2D eigenvalue weighted by Crippen LogP contribution is -2.46. The number of nitrogens with zero attached hydrogens (tertiary/aromatic N) is 1. The van der Waals surface area contributed by atoms with Crippen molar-refractivity contribution in [3.05, 3.63) is 30.1 Å². The first kappa shape index (κ1) is 12.6. The Bertz CT molecular complexity index is 430. The molecule has 2 fully saturated rings. The monoisotopic (exact) mass is 260 g/mol. The van der Waals surface area contributed by atoms with Crippen LogP contribution in [0.3, 0.4) is 0 Å². The fraction of sp³-hybridized carbons (Fsp3) is 0.571. The van der Waals surface area contributed by atoms with Crippen molar-refractivity contribution in [2.24, 2.45) is 0 Å². The maximum atomic E-state index is 12.1. The lowest BCUT2D eigenvalue weighted by atomic mass is 10.0. The summed E-state index contributed by atoms with van der Waals surface area (Å²) in [5.41, 5.74) is 7.38. The molecule has 1 aromatic heterocycles. The van der Waals surface area contributed by atoms with Gasteiger partial charge in [0, 0.05) is 24.5 Å². The van der Waals surface area contributed by atoms with Crippen LogP contribution in [0, 0.1) is 0 Å². The number of carbonyl (C=O) groups is 1. The third-order valence-corrected chi connectivity index (χ3v) is 4.01. The zero-order valence-corrected chi connectivity index (χ0v) is 10.9. The molecule has 2 atom stereocenters. The van der Waals surface area contributed by atoms with E-state index >= 15 is 0 Å². The van der Waals surface area contributed by atoms with Crippen molar-refractivity contribution in [1.29, 1.82) is 0 Å². The zero-order valence-electron chi connectivity index (χ0n) is 10.9. The van der Waals surface area contributed by atoms with Gasteiger partial charge in [-0.1, -0.05) is 18.9 Å². The largest absolute Gasteiger partial charge is 0.352 e. The standard InChI is InChI=1S/C14H20N4O/c19-14(16-11-5-1-2-6-11)13-8-12(17-18-13)10-4-3-7-15-9-10/h3-4,7,9,11-13,17-18H,1-2,5-6,8H2,(H,16,19). The highest BCUT2D eigenvalue weighted by Crippen LogP contribution is 2.22. The number of nitrogens with one attached hydrogen (secondary N) is 3. The van der Waals surface area contributed by atoms with Crippen LogP contribution in [0.5, 0.6) is 0 Å². The van der Waals surface area contributed by atoms with Crippen LogP contribution in [0.15, 0.2) is 24.5 Å². The fourth-order valence-corrected chi connectivity index (χ4v) is 2.90. The van der Waals surface area contributed by atoms with Gasteiger partial charge < -0.3 is 5.32 Å². The van der Waals surface area contributed by atoms with Gasteiger partial charge in [0.2, 0.25) is 5.91 Å². The zero-order chi connectivity index (χ0) is 13.1. The maximum Gasteiger partial charge on any atom is 0.238 e. The van der Waals surface area contributed by atoms with E-state index in [9.17, 15) is 4.79 Å². The number of hydrogen-bond donors (Lipinski definition) is 3. The molecule has 1 amide bonds. The SMILES string of the molecule is O=C(NC1CCCC1)C1CC(c2cccnc2)NN1. The van der Waals surface area contributed by atoms with E-state index < -0.39 is 0 Å². The van der Waals surface area contributed by atoms with Crippen molar-refractivity contribution in [3.63, 3.8) is 0 Å². The smallest absolute Gasteiger partial charge is 0.238 e. The van der Waals surface area contributed by atoms with E-state index in [-0.39, 0.29) is 18.0 Å². The Kier molecular flexibility index (Phi) is 3.75. The van der Waals surface area contributed by atoms with Crippen LogP contribution in [0.25, 0.3) is 0 Å². The lowest BCUT2D eigenvalue weighted by Gasteiger charge is -2.15. The van der Waals surface area contributed by atoms with E-state index in [1.165, 1.54) is 12.8 Å². The number of pyridine rings is 1. The Labute approximate surface area is 113 Å². The molecule has 2 unspecified atom stereocenters. The van der Waals surface area contributed by atoms with Gasteiger partial charge in [-0.3, -0.25) is 9.78 Å². The molecule has 5 nitrogen and oxygen atoms in total. The van der Waals surface area contributed by atoms with Crippen molar-refractivity contribution in [2.75, 3.05) is 0 Å². The molecule has 0 aromatic carbocycles. The molecule has 2 heterocycles. The predicted molar refractivity (Wildman–Crippen MR) is 72.1 cm³/mol. The first-order valence-electron chi connectivity index (χ1n) is 7.04. The Morgan fingerprint density at radius 3 is 2.89 bits per heavy atom. The first-order chi connectivity index (χ1) is 9.33. The van der Waals surface area contributed by atoms with Crippen LogP contribution in [0.2, 0.25) is 0 Å². The second-order valence-electron chi connectivity index (χ2n) is 5.41. The second-order valence-corrected chi connectivity index (χ2v) is 5.41. The molecule has 1 saturated carbocycles. The van der Waals surface area contributed by atoms with Crippen molar-refractivity contribution in [2.45, 2.75) is 50.2 Å². The summed E-state index contributed by atoms with van der Waals surface area (Å²) < 4.78 is 0. The van der Waals surface area contributed by atoms with Gasteiger partial charge in [-0.25, -0.2) is 10.9 Å². The third-order valence-electron chi connectivity index (χ3n) is 4.01. The minimum atomic E-state index is -0.147. The van der Waals surface area contributed by atoms with Crippen LogP contribution in [0.4, 0.5) is 0 Å². The van der Waals surface area contributed by atoms with Gasteiger partial charge in [0.15, 0.2) is 0 Å². The predicted octanol–water partition coefficient (Wildman–Crippen LogP) is 1.05. The summed E-state index contributed by atoms with van der Waals surface area (Å²) >= 11 is 0. The molecule has 0 spiro atoms. The summed E-state index contributed by atoms with van der Waals surface area (Å²) in [6.45, 7) is 0. The molecule has 0 bridgehead atoms. The number of aromatic nitrogens is 1. The number of rotatable bonds is 3. The van der Waals surface area contributed by atoms with Crippen LogP contribution in [0.1, 0.15) is 43.7 Å². The minimum Gasteiger partial charge on any atom is -0.352 e. The average Bonchev–Trinajstić information content (AvgIpc) is 3.10. The van der Waals surface area contributed by atoms with E-state index in [1.807, 2.05) is 18.3 Å². The van der Waals surface area contributed by atoms with Crippen molar-refractivity contribution < 1.29 is 4.79 Å². The molecule has 0 radical (unpaired) electrons. The van der Waals surface area contributed by atoms with Gasteiger partial charge in [0.1, 0.15) is 6.04 Å². The minimum absolute atomic E-state index is 0.116. The highest BCUT2D eigenvalue weighted by atomic mass is 16.2. The Balaban J connectivity index is 1.55. The molecule has 1 saturated heterocycles. The molecular formula is C14H20N4O. The molecule has 1 aromatic rings. The molecule has 19 heavy (non-hydrogen) atoms. The highest BCUT2D eigenvalue weighted by Gasteiger charge is 2.31. The molecule has 1 aliphatic heterocycles. The number of carbonyl (C=O) groups excluding carboxylic acids is 1. The molecule has 2 aliphatic rings. The number of hydrogen-bond acceptors (Lipinski definition) is 4. The molecule has 3 rings (SSSR count). The second kappa shape index (κ2) is 5.67. The summed E-state index contributed by atoms with van der Waals surface area (Å²) in [5, 5.41) is 3.14. The molecule has 3 N–H and O–H groups in total. The van der Waals surface area contributed by atoms with Crippen LogP contribution in [-0.4, -0.2) is 23.0 Å². The number of amides is 1. The molecule has 1 aliphatic carbocycles. The summed E-state index contributed by atoms with van der Waals surface area (Å²) in [6.07, 6.45) is 9.09. The lowest BCUT2D eigenvalue weighted by molar-refractivity contribution is -0.123. The van der Waals surface area contributed by atoms with Crippen molar-refractivity contribution >= 4 is 5.91 Å². The van der Waals surface area contributed by atoms with Gasteiger partial charge in [0.25, 0.3) is 0 Å². The van der Waals surface area contributed by atoms with Crippen LogP contribution < -0.4 is 16.2 Å². The van der Waals surface area contributed by atoms with Gasteiger partial charge in [-0.05, 0) is 30.9 Å². The fourth-order valence-electron chi connectivity index (χ4n) is 2.90. The first-order valence-corrected chi connectivity index (χ1v) is 7.04. The summed E-state index contributed by atoms with van der Waals surface area (Å²) in [7, 11) is 0. The van der Waals surface area contributed by atoms with Gasteiger partial charge in [-0.2, -0.15) is 0 Å². The topological polar surface area (TPSA) is 66.0 Å². The third kappa shape index (κ3) is 2.93. The quantitative estimate of drug-likeness (QED) is 0.760. The normalized spacial score (nSPS) is 27.6. The van der Waals surface area contributed by atoms with Crippen molar-refractivity contribution in [3.8, 4) is 0 Å². The van der Waals surface area contributed by atoms with Crippen LogP contribution >= 0.6 is 0 Å². The average molecular weight is 260 g/mol. The van der Waals surface area contributed by atoms with Gasteiger partial charge in [0.05, 0.1) is 0 Å². The summed E-state index contributed by atoms with van der Waals surface area (Å²) in [6, 6.07) is 4.34. The van der Waals surface area contributed by atoms with Crippen molar-refractivity contribution in [1.82, 2.24) is 21.2 Å². The summed E-state index contributed by atoms with van der Waals surface area (Å²) in [4.78, 5) is 16.3. The van der Waals surface area contributed by atoms with Gasteiger partial charge >= 0.3 is 0 Å². The van der Waals surface area contributed by atoms with E-state index in [0.29, 0.717) is 6.04 Å². The van der Waals surface area contributed by atoms with E-state index in [2.05, 4.69) is 21.2 Å². The van der Waals surface area contributed by atoms with E-state index in [0.717, 1.165) is 24.8 Å². The molecule has 102 valence electrons. The highest BCUT2D eigenvalue weighted by molar-refractivity contribution is 5.82. The summed E-state index contributed by atoms with van der Waals surface area (Å²) in [5.74, 6) is 0.116. The Morgan fingerprint density at radius 2 is 2.16 bits per heavy atom. The van der Waals surface area contributed by atoms with Gasteiger partial charge in [-0.15, -0.1) is 0 Å². The Morgan fingerprint density at radius 1 is 1.32 bits per heavy atom. The Hall–Kier alpha value is -1.46.